The molecule has 0 spiro atoms. The van der Waals surface area contributed by atoms with Gasteiger partial charge >= 0.3 is 0 Å². The van der Waals surface area contributed by atoms with Crippen molar-refractivity contribution in [2.75, 3.05) is 0 Å². The maximum Gasteiger partial charge on any atom is 0.126 e. The summed E-state index contributed by atoms with van der Waals surface area (Å²) in [4.78, 5) is 10.5. The van der Waals surface area contributed by atoms with E-state index in [2.05, 4.69) is 11.8 Å². The van der Waals surface area contributed by atoms with Crippen molar-refractivity contribution in [3.05, 3.63) is 0 Å². The predicted octanol–water partition coefficient (Wildman–Crippen LogP) is 2.02. The lowest BCUT2D eigenvalue weighted by Gasteiger charge is -2.10. The van der Waals surface area contributed by atoms with Gasteiger partial charge in [0.05, 0.1) is 0 Å². The van der Waals surface area contributed by atoms with Crippen molar-refractivity contribution in [1.82, 2.24) is 0 Å². The quantitative estimate of drug-likeness (QED) is 0.434. The molecule has 1 fully saturated rings. The number of aldehydes is 1. The number of carbonyl (C=O) groups excluding carboxylic acids is 1. The van der Waals surface area contributed by atoms with E-state index >= 15 is 0 Å². The first kappa shape index (κ1) is 8.33. The van der Waals surface area contributed by atoms with E-state index < -0.39 is 0 Å². The van der Waals surface area contributed by atoms with Crippen molar-refractivity contribution in [3.63, 3.8) is 0 Å². The molecule has 0 unspecified atom stereocenters. The second-order valence-electron chi connectivity index (χ2n) is 3.88. The zero-order valence-electron chi connectivity index (χ0n) is 7.18. The summed E-state index contributed by atoms with van der Waals surface area (Å²) < 4.78 is 0. The third-order valence-electron chi connectivity index (χ3n) is 1.75. The molecular weight excluding hydrogens is 136 g/mol. The molecule has 1 heteroatoms. The van der Waals surface area contributed by atoms with Crippen molar-refractivity contribution in [2.45, 2.75) is 33.1 Å². The Kier molecular flexibility index (Phi) is 2.34. The van der Waals surface area contributed by atoms with Crippen molar-refractivity contribution in [2.24, 2.45) is 11.3 Å². The Morgan fingerprint density at radius 1 is 1.55 bits per heavy atom. The summed E-state index contributed by atoms with van der Waals surface area (Å²) in [6, 6.07) is 0. The van der Waals surface area contributed by atoms with Crippen molar-refractivity contribution in [1.29, 1.82) is 0 Å². The molecule has 1 aliphatic carbocycles. The SMILES string of the molecule is CC(C)(C=O)CC#CC1CC1. The molecule has 0 N–H and O–H groups in total. The Morgan fingerprint density at radius 2 is 2.18 bits per heavy atom. The molecule has 0 heterocycles. The van der Waals surface area contributed by atoms with Crippen LogP contribution >= 0.6 is 0 Å². The highest BCUT2D eigenvalue weighted by atomic mass is 16.1. The van der Waals surface area contributed by atoms with Gasteiger partial charge in [-0.05, 0) is 12.8 Å². The van der Waals surface area contributed by atoms with E-state index in [0.29, 0.717) is 12.3 Å². The summed E-state index contributed by atoms with van der Waals surface area (Å²) >= 11 is 0. The van der Waals surface area contributed by atoms with E-state index in [-0.39, 0.29) is 5.41 Å². The van der Waals surface area contributed by atoms with Crippen LogP contribution in [0.1, 0.15) is 33.1 Å². The van der Waals surface area contributed by atoms with Crippen LogP contribution < -0.4 is 0 Å². The van der Waals surface area contributed by atoms with Crippen molar-refractivity contribution in [3.8, 4) is 11.8 Å². The number of carbonyl (C=O) groups is 1. The van der Waals surface area contributed by atoms with Gasteiger partial charge < -0.3 is 4.79 Å². The number of hydrogen-bond donors (Lipinski definition) is 0. The minimum atomic E-state index is -0.248. The average molecular weight is 150 g/mol. The summed E-state index contributed by atoms with van der Waals surface area (Å²) in [6.07, 6.45) is 4.20. The molecule has 60 valence electrons. The Morgan fingerprint density at radius 3 is 2.64 bits per heavy atom. The van der Waals surface area contributed by atoms with Crippen LogP contribution in [0.5, 0.6) is 0 Å². The standard InChI is InChI=1S/C10H14O/c1-10(2,8-11)7-3-4-9-5-6-9/h8-9H,5-7H2,1-2H3. The zero-order chi connectivity index (χ0) is 8.32. The highest BCUT2D eigenvalue weighted by Crippen LogP contribution is 2.27. The molecule has 1 nitrogen and oxygen atoms in total. The van der Waals surface area contributed by atoms with Crippen LogP contribution in [0.15, 0.2) is 0 Å². The lowest BCUT2D eigenvalue weighted by atomic mass is 9.92. The molecule has 0 amide bonds. The second kappa shape index (κ2) is 3.09. The van der Waals surface area contributed by atoms with E-state index in [9.17, 15) is 4.79 Å². The monoisotopic (exact) mass is 150 g/mol. The van der Waals surface area contributed by atoms with Gasteiger partial charge in [-0.3, -0.25) is 0 Å². The fraction of sp³-hybridized carbons (Fsp3) is 0.700. The lowest BCUT2D eigenvalue weighted by molar-refractivity contribution is -0.114. The van der Waals surface area contributed by atoms with Crippen LogP contribution in [0, 0.1) is 23.2 Å². The highest BCUT2D eigenvalue weighted by Gasteiger charge is 2.19. The van der Waals surface area contributed by atoms with Gasteiger partial charge in [-0.2, -0.15) is 0 Å². The molecule has 1 rings (SSSR count). The summed E-state index contributed by atoms with van der Waals surface area (Å²) in [7, 11) is 0. The molecule has 0 aliphatic heterocycles. The van der Waals surface area contributed by atoms with Crippen LogP contribution in [-0.4, -0.2) is 6.29 Å². The first-order chi connectivity index (χ1) is 5.14. The summed E-state index contributed by atoms with van der Waals surface area (Å²) in [6.45, 7) is 3.84. The predicted molar refractivity (Wildman–Crippen MR) is 45.0 cm³/mol. The normalized spacial score (nSPS) is 16.9. The second-order valence-corrected chi connectivity index (χ2v) is 3.88. The summed E-state index contributed by atoms with van der Waals surface area (Å²) in [5.74, 6) is 6.85. The molecular formula is C10H14O. The fourth-order valence-electron chi connectivity index (χ4n) is 0.693. The first-order valence-electron chi connectivity index (χ1n) is 4.09. The minimum Gasteiger partial charge on any atom is -0.303 e. The smallest absolute Gasteiger partial charge is 0.126 e. The van der Waals surface area contributed by atoms with Gasteiger partial charge in [-0.15, -0.1) is 5.92 Å². The van der Waals surface area contributed by atoms with Crippen LogP contribution in [0.4, 0.5) is 0 Å². The zero-order valence-corrected chi connectivity index (χ0v) is 7.18. The van der Waals surface area contributed by atoms with E-state index in [1.165, 1.54) is 12.8 Å². The van der Waals surface area contributed by atoms with E-state index in [0.717, 1.165) is 6.29 Å². The molecule has 0 radical (unpaired) electrons. The lowest BCUT2D eigenvalue weighted by Crippen LogP contribution is -2.11. The Labute approximate surface area is 68.2 Å². The third kappa shape index (κ3) is 3.23. The molecule has 0 atom stereocenters. The van der Waals surface area contributed by atoms with E-state index in [1.807, 2.05) is 13.8 Å². The number of hydrogen-bond acceptors (Lipinski definition) is 1. The van der Waals surface area contributed by atoms with Gasteiger partial charge in [0.25, 0.3) is 0 Å². The van der Waals surface area contributed by atoms with Gasteiger partial charge in [0.15, 0.2) is 0 Å². The van der Waals surface area contributed by atoms with Crippen molar-refractivity contribution < 1.29 is 4.79 Å². The van der Waals surface area contributed by atoms with Crippen LogP contribution in [0.3, 0.4) is 0 Å². The van der Waals surface area contributed by atoms with Crippen LogP contribution in [0.2, 0.25) is 0 Å². The maximum atomic E-state index is 10.5. The van der Waals surface area contributed by atoms with E-state index in [1.54, 1.807) is 0 Å². The van der Waals surface area contributed by atoms with Gasteiger partial charge in [-0.1, -0.05) is 19.8 Å². The minimum absolute atomic E-state index is 0.248. The molecule has 0 aromatic carbocycles. The maximum absolute atomic E-state index is 10.5. The highest BCUT2D eigenvalue weighted by molar-refractivity contribution is 5.58. The molecule has 1 aliphatic rings. The summed E-state index contributed by atoms with van der Waals surface area (Å²) in [5.41, 5.74) is -0.248. The Hall–Kier alpha value is -0.770. The Bertz CT molecular complexity index is 201. The Balaban J connectivity index is 2.30. The molecule has 0 aromatic heterocycles. The molecule has 0 aromatic rings. The third-order valence-corrected chi connectivity index (χ3v) is 1.75. The van der Waals surface area contributed by atoms with Crippen molar-refractivity contribution >= 4 is 6.29 Å². The van der Waals surface area contributed by atoms with Crippen LogP contribution in [0.25, 0.3) is 0 Å². The molecule has 0 bridgehead atoms. The molecule has 11 heavy (non-hydrogen) atoms. The molecule has 1 saturated carbocycles. The van der Waals surface area contributed by atoms with E-state index in [4.69, 9.17) is 0 Å². The van der Waals surface area contributed by atoms with Gasteiger partial charge in [0, 0.05) is 17.8 Å². The first-order valence-corrected chi connectivity index (χ1v) is 4.09. The topological polar surface area (TPSA) is 17.1 Å². The van der Waals surface area contributed by atoms with Gasteiger partial charge in [-0.25, -0.2) is 0 Å². The average Bonchev–Trinajstić information content (AvgIpc) is 2.71. The fourth-order valence-corrected chi connectivity index (χ4v) is 0.693. The molecule has 0 saturated heterocycles. The summed E-state index contributed by atoms with van der Waals surface area (Å²) in [5, 5.41) is 0. The van der Waals surface area contributed by atoms with Gasteiger partial charge in [0.1, 0.15) is 6.29 Å². The van der Waals surface area contributed by atoms with Gasteiger partial charge in [0.2, 0.25) is 0 Å². The van der Waals surface area contributed by atoms with Crippen LogP contribution in [-0.2, 0) is 4.79 Å². The largest absolute Gasteiger partial charge is 0.303 e. The number of rotatable bonds is 2.